The molecule has 1 saturated carbocycles. The van der Waals surface area contributed by atoms with Crippen LogP contribution < -0.4 is 5.32 Å². The van der Waals surface area contributed by atoms with Crippen molar-refractivity contribution in [3.63, 3.8) is 0 Å². The number of hydrogen-bond donors (Lipinski definition) is 1. The van der Waals surface area contributed by atoms with Gasteiger partial charge in [0, 0.05) is 17.9 Å². The van der Waals surface area contributed by atoms with E-state index in [0.717, 1.165) is 23.8 Å². The molecule has 2 unspecified atom stereocenters. The van der Waals surface area contributed by atoms with E-state index in [2.05, 4.69) is 20.4 Å². The van der Waals surface area contributed by atoms with Crippen LogP contribution in [0.1, 0.15) is 49.0 Å². The van der Waals surface area contributed by atoms with E-state index in [0.29, 0.717) is 18.4 Å². The maximum Gasteiger partial charge on any atom is 0.231 e. The molecule has 0 spiro atoms. The van der Waals surface area contributed by atoms with Gasteiger partial charge in [-0.15, -0.1) is 0 Å². The Morgan fingerprint density at radius 3 is 3.00 bits per heavy atom. The first-order chi connectivity index (χ1) is 9.86. The van der Waals surface area contributed by atoms with Gasteiger partial charge in [0.25, 0.3) is 0 Å². The largest absolute Gasteiger partial charge is 0.339 e. The van der Waals surface area contributed by atoms with Crippen LogP contribution in [0.3, 0.4) is 0 Å². The highest BCUT2D eigenvalue weighted by Crippen LogP contribution is 2.32. The number of rotatable bonds is 4. The summed E-state index contributed by atoms with van der Waals surface area (Å²) in [5.41, 5.74) is 0.966. The van der Waals surface area contributed by atoms with E-state index < -0.39 is 0 Å². The normalized spacial score (nSPS) is 22.9. The van der Waals surface area contributed by atoms with Gasteiger partial charge in [-0.05, 0) is 32.0 Å². The van der Waals surface area contributed by atoms with Crippen LogP contribution in [0, 0.1) is 0 Å². The van der Waals surface area contributed by atoms with Crippen molar-refractivity contribution in [1.29, 1.82) is 0 Å². The topological polar surface area (TPSA) is 63.8 Å². The Balaban J connectivity index is 1.73. The smallest absolute Gasteiger partial charge is 0.231 e. The highest BCUT2D eigenvalue weighted by Gasteiger charge is 2.29. The second kappa shape index (κ2) is 6.13. The molecule has 2 atom stereocenters. The summed E-state index contributed by atoms with van der Waals surface area (Å²) in [6.07, 6.45) is 7.23. The van der Waals surface area contributed by atoms with E-state index in [9.17, 15) is 0 Å². The standard InChI is InChI=1S/C15H20N4O/c1-16-13-8-3-2-7-12(13)15-18-14(19-20-15)10-11-6-4-5-9-17-11/h4-6,9,12-13,16H,2-3,7-8,10H2,1H3. The Hall–Kier alpha value is -1.75. The number of pyridine rings is 1. The number of likely N-dealkylation sites (N-methyl/N-ethyl adjacent to an activating group) is 1. The van der Waals surface area contributed by atoms with Crippen molar-refractivity contribution in [2.24, 2.45) is 0 Å². The molecule has 20 heavy (non-hydrogen) atoms. The van der Waals surface area contributed by atoms with Crippen molar-refractivity contribution in [3.8, 4) is 0 Å². The van der Waals surface area contributed by atoms with Crippen LogP contribution >= 0.6 is 0 Å². The van der Waals surface area contributed by atoms with Crippen LogP contribution in [0.4, 0.5) is 0 Å². The zero-order valence-electron chi connectivity index (χ0n) is 11.7. The first kappa shape index (κ1) is 13.2. The van der Waals surface area contributed by atoms with Crippen molar-refractivity contribution in [2.45, 2.75) is 44.1 Å². The third-order valence-corrected chi connectivity index (χ3v) is 4.00. The lowest BCUT2D eigenvalue weighted by molar-refractivity contribution is 0.269. The number of aromatic nitrogens is 3. The lowest BCUT2D eigenvalue weighted by atomic mass is 9.84. The minimum Gasteiger partial charge on any atom is -0.339 e. The Morgan fingerprint density at radius 1 is 1.30 bits per heavy atom. The molecule has 1 N–H and O–H groups in total. The molecule has 2 heterocycles. The van der Waals surface area contributed by atoms with Gasteiger partial charge in [0.05, 0.1) is 12.3 Å². The highest BCUT2D eigenvalue weighted by atomic mass is 16.5. The van der Waals surface area contributed by atoms with Gasteiger partial charge in [0.2, 0.25) is 5.89 Å². The highest BCUT2D eigenvalue weighted by molar-refractivity contribution is 5.10. The van der Waals surface area contributed by atoms with E-state index in [1.54, 1.807) is 6.20 Å². The van der Waals surface area contributed by atoms with Gasteiger partial charge < -0.3 is 9.84 Å². The Bertz CT molecular complexity index is 540. The van der Waals surface area contributed by atoms with Gasteiger partial charge in [-0.25, -0.2) is 0 Å². The molecule has 0 bridgehead atoms. The van der Waals surface area contributed by atoms with Crippen molar-refractivity contribution < 1.29 is 4.52 Å². The fourth-order valence-corrected chi connectivity index (χ4v) is 2.93. The lowest BCUT2D eigenvalue weighted by Crippen LogP contribution is -2.34. The van der Waals surface area contributed by atoms with E-state index in [-0.39, 0.29) is 0 Å². The summed E-state index contributed by atoms with van der Waals surface area (Å²) in [5, 5.41) is 7.47. The maximum absolute atomic E-state index is 5.48. The maximum atomic E-state index is 5.48. The Labute approximate surface area is 118 Å². The zero-order valence-corrected chi connectivity index (χ0v) is 11.7. The summed E-state index contributed by atoms with van der Waals surface area (Å²) in [4.78, 5) is 8.86. The number of hydrogen-bond acceptors (Lipinski definition) is 5. The molecular formula is C15H20N4O. The average molecular weight is 272 g/mol. The summed E-state index contributed by atoms with van der Waals surface area (Å²) in [6.45, 7) is 0. The summed E-state index contributed by atoms with van der Waals surface area (Å²) < 4.78 is 5.48. The molecule has 0 aromatic carbocycles. The molecule has 106 valence electrons. The second-order valence-electron chi connectivity index (χ2n) is 5.33. The zero-order chi connectivity index (χ0) is 13.8. The summed E-state index contributed by atoms with van der Waals surface area (Å²) in [6, 6.07) is 6.31. The Kier molecular flexibility index (Phi) is 4.06. The molecule has 5 nitrogen and oxygen atoms in total. The fourth-order valence-electron chi connectivity index (χ4n) is 2.93. The summed E-state index contributed by atoms with van der Waals surface area (Å²) in [7, 11) is 2.01. The van der Waals surface area contributed by atoms with Crippen LogP contribution in [0.2, 0.25) is 0 Å². The molecule has 5 heteroatoms. The van der Waals surface area contributed by atoms with Gasteiger partial charge in [0.1, 0.15) is 0 Å². The van der Waals surface area contributed by atoms with Crippen molar-refractivity contribution in [1.82, 2.24) is 20.4 Å². The molecule has 0 amide bonds. The van der Waals surface area contributed by atoms with Crippen LogP contribution in [0.5, 0.6) is 0 Å². The molecule has 1 fully saturated rings. The lowest BCUT2D eigenvalue weighted by Gasteiger charge is -2.28. The fraction of sp³-hybridized carbons (Fsp3) is 0.533. The SMILES string of the molecule is CNC1CCCCC1c1nc(Cc2ccccn2)no1. The van der Waals surface area contributed by atoms with Gasteiger partial charge in [-0.2, -0.15) is 4.98 Å². The predicted molar refractivity (Wildman–Crippen MR) is 75.4 cm³/mol. The molecule has 1 aliphatic carbocycles. The predicted octanol–water partition coefficient (Wildman–Crippen LogP) is 2.30. The average Bonchev–Trinajstić information content (AvgIpc) is 2.96. The van der Waals surface area contributed by atoms with Crippen molar-refractivity contribution in [2.75, 3.05) is 7.05 Å². The van der Waals surface area contributed by atoms with Crippen molar-refractivity contribution >= 4 is 0 Å². The summed E-state index contributed by atoms with van der Waals surface area (Å²) in [5.74, 6) is 1.84. The molecule has 3 rings (SSSR count). The van der Waals surface area contributed by atoms with Crippen LogP contribution in [0.15, 0.2) is 28.9 Å². The van der Waals surface area contributed by atoms with Gasteiger partial charge >= 0.3 is 0 Å². The minimum absolute atomic E-state index is 0.346. The van der Waals surface area contributed by atoms with E-state index in [4.69, 9.17) is 4.52 Å². The molecular weight excluding hydrogens is 252 g/mol. The van der Waals surface area contributed by atoms with Crippen LogP contribution in [-0.2, 0) is 6.42 Å². The third-order valence-electron chi connectivity index (χ3n) is 4.00. The van der Waals surface area contributed by atoms with Crippen LogP contribution in [0.25, 0.3) is 0 Å². The van der Waals surface area contributed by atoms with Gasteiger partial charge in [0.15, 0.2) is 5.82 Å². The van der Waals surface area contributed by atoms with E-state index in [1.165, 1.54) is 19.3 Å². The molecule has 0 aliphatic heterocycles. The van der Waals surface area contributed by atoms with E-state index >= 15 is 0 Å². The monoisotopic (exact) mass is 272 g/mol. The number of nitrogens with zero attached hydrogens (tertiary/aromatic N) is 3. The molecule has 2 aromatic rings. The molecule has 0 saturated heterocycles. The van der Waals surface area contributed by atoms with Crippen LogP contribution in [-0.4, -0.2) is 28.2 Å². The third kappa shape index (κ3) is 2.88. The summed E-state index contributed by atoms with van der Waals surface area (Å²) >= 11 is 0. The van der Waals surface area contributed by atoms with Gasteiger partial charge in [-0.1, -0.05) is 24.1 Å². The Morgan fingerprint density at radius 2 is 2.20 bits per heavy atom. The first-order valence-electron chi connectivity index (χ1n) is 7.26. The second-order valence-corrected chi connectivity index (χ2v) is 5.33. The van der Waals surface area contributed by atoms with Gasteiger partial charge in [-0.3, -0.25) is 4.98 Å². The quantitative estimate of drug-likeness (QED) is 0.925. The molecule has 0 radical (unpaired) electrons. The molecule has 2 aromatic heterocycles. The molecule has 1 aliphatic rings. The first-order valence-corrected chi connectivity index (χ1v) is 7.26. The number of nitrogens with one attached hydrogen (secondary N) is 1. The van der Waals surface area contributed by atoms with E-state index in [1.807, 2.05) is 25.2 Å². The van der Waals surface area contributed by atoms with Crippen molar-refractivity contribution in [3.05, 3.63) is 41.8 Å². The minimum atomic E-state index is 0.346.